The van der Waals surface area contributed by atoms with Crippen LogP contribution < -0.4 is 5.32 Å². The molecular formula is C39H25N3OS. The lowest BCUT2D eigenvalue weighted by Crippen LogP contribution is -2.33. The first kappa shape index (κ1) is 25.0. The van der Waals surface area contributed by atoms with E-state index in [1.165, 1.54) is 20.2 Å². The van der Waals surface area contributed by atoms with Crippen LogP contribution in [0.3, 0.4) is 0 Å². The Kier molecular flexibility index (Phi) is 5.71. The summed E-state index contributed by atoms with van der Waals surface area (Å²) >= 11 is 1.82. The van der Waals surface area contributed by atoms with Gasteiger partial charge in [-0.25, -0.2) is 9.98 Å². The van der Waals surface area contributed by atoms with E-state index in [0.717, 1.165) is 61.4 Å². The third kappa shape index (κ3) is 4.13. The molecule has 0 saturated carbocycles. The van der Waals surface area contributed by atoms with Gasteiger partial charge in [-0.05, 0) is 41.5 Å². The van der Waals surface area contributed by atoms with Gasteiger partial charge in [0.1, 0.15) is 23.2 Å². The predicted molar refractivity (Wildman–Crippen MR) is 184 cm³/mol. The van der Waals surface area contributed by atoms with Crippen LogP contribution in [0.1, 0.15) is 22.9 Å². The van der Waals surface area contributed by atoms with E-state index in [2.05, 4.69) is 96.3 Å². The molecule has 1 N–H and O–H groups in total. The number of nitrogens with one attached hydrogen (secondary N) is 1. The van der Waals surface area contributed by atoms with Gasteiger partial charge >= 0.3 is 0 Å². The SMILES string of the molecule is c1ccc(C2=NC(c3ccccc3)NC(c3ccc4sc5cc(-c6cccc7c6oc6ccccc67)ccc5c4c3)=N2)cc1. The average Bonchev–Trinajstić information content (AvgIpc) is 3.66. The highest BCUT2D eigenvalue weighted by atomic mass is 32.1. The van der Waals surface area contributed by atoms with Crippen molar-refractivity contribution in [3.8, 4) is 11.1 Å². The number of para-hydroxylation sites is 2. The second-order valence-electron chi connectivity index (χ2n) is 11.0. The van der Waals surface area contributed by atoms with Gasteiger partial charge < -0.3 is 9.73 Å². The summed E-state index contributed by atoms with van der Waals surface area (Å²) in [5.41, 5.74) is 7.25. The zero-order valence-corrected chi connectivity index (χ0v) is 24.4. The summed E-state index contributed by atoms with van der Waals surface area (Å²) in [6, 6.07) is 48.6. The number of amidine groups is 2. The van der Waals surface area contributed by atoms with Crippen molar-refractivity contribution < 1.29 is 4.42 Å². The minimum Gasteiger partial charge on any atom is -0.455 e. The highest BCUT2D eigenvalue weighted by Crippen LogP contribution is 2.40. The fourth-order valence-electron chi connectivity index (χ4n) is 6.19. The number of aliphatic imine (C=N–C) groups is 2. The maximum atomic E-state index is 6.35. The van der Waals surface area contributed by atoms with E-state index in [-0.39, 0.29) is 6.17 Å². The molecule has 0 radical (unpaired) electrons. The fraction of sp³-hybridized carbons (Fsp3) is 0.0256. The van der Waals surface area contributed by atoms with Crippen LogP contribution in [0, 0.1) is 0 Å². The smallest absolute Gasteiger partial charge is 0.159 e. The number of nitrogens with zero attached hydrogens (tertiary/aromatic N) is 2. The number of rotatable bonds is 4. The molecule has 5 heteroatoms. The molecule has 0 amide bonds. The lowest BCUT2D eigenvalue weighted by Gasteiger charge is -2.23. The minimum atomic E-state index is -0.225. The maximum Gasteiger partial charge on any atom is 0.159 e. The first-order valence-electron chi connectivity index (χ1n) is 14.7. The summed E-state index contributed by atoms with van der Waals surface area (Å²) in [7, 11) is 0. The molecule has 1 unspecified atom stereocenters. The molecule has 8 aromatic rings. The number of furan rings is 1. The molecule has 9 rings (SSSR count). The Labute approximate surface area is 257 Å². The summed E-state index contributed by atoms with van der Waals surface area (Å²) in [5.74, 6) is 1.55. The van der Waals surface area contributed by atoms with Crippen LogP contribution in [0.2, 0.25) is 0 Å². The van der Waals surface area contributed by atoms with Crippen molar-refractivity contribution in [2.24, 2.45) is 9.98 Å². The van der Waals surface area contributed by atoms with E-state index in [4.69, 9.17) is 14.4 Å². The monoisotopic (exact) mass is 583 g/mol. The second-order valence-corrected chi connectivity index (χ2v) is 12.1. The zero-order chi connectivity index (χ0) is 29.0. The summed E-state index contributed by atoms with van der Waals surface area (Å²) < 4.78 is 8.84. The van der Waals surface area contributed by atoms with Crippen molar-refractivity contribution in [1.29, 1.82) is 0 Å². The second kappa shape index (κ2) is 10.0. The molecule has 3 heterocycles. The lowest BCUT2D eigenvalue weighted by atomic mass is 10.0. The van der Waals surface area contributed by atoms with Crippen LogP contribution in [0.5, 0.6) is 0 Å². The summed E-state index contributed by atoms with van der Waals surface area (Å²) in [6.07, 6.45) is -0.225. The van der Waals surface area contributed by atoms with Crippen molar-refractivity contribution in [2.75, 3.05) is 0 Å². The molecular weight excluding hydrogens is 559 g/mol. The van der Waals surface area contributed by atoms with Crippen molar-refractivity contribution in [1.82, 2.24) is 5.32 Å². The number of hydrogen-bond donors (Lipinski definition) is 1. The first-order valence-corrected chi connectivity index (χ1v) is 15.5. The van der Waals surface area contributed by atoms with E-state index in [1.807, 2.05) is 59.9 Å². The van der Waals surface area contributed by atoms with Crippen LogP contribution in [-0.2, 0) is 0 Å². The minimum absolute atomic E-state index is 0.225. The molecule has 1 aliphatic rings. The highest BCUT2D eigenvalue weighted by Gasteiger charge is 2.21. The number of thiophene rings is 1. The van der Waals surface area contributed by atoms with Gasteiger partial charge in [-0.1, -0.05) is 109 Å². The van der Waals surface area contributed by atoms with Crippen molar-refractivity contribution in [2.45, 2.75) is 6.17 Å². The topological polar surface area (TPSA) is 49.9 Å². The molecule has 0 bridgehead atoms. The number of hydrogen-bond acceptors (Lipinski definition) is 5. The molecule has 0 spiro atoms. The van der Waals surface area contributed by atoms with E-state index in [0.29, 0.717) is 0 Å². The van der Waals surface area contributed by atoms with Gasteiger partial charge in [-0.3, -0.25) is 0 Å². The molecule has 1 aliphatic heterocycles. The quantitative estimate of drug-likeness (QED) is 0.224. The van der Waals surface area contributed by atoms with E-state index < -0.39 is 0 Å². The predicted octanol–water partition coefficient (Wildman–Crippen LogP) is 10.1. The van der Waals surface area contributed by atoms with Crippen molar-refractivity contribution >= 4 is 65.1 Å². The van der Waals surface area contributed by atoms with Gasteiger partial charge in [0.2, 0.25) is 0 Å². The van der Waals surface area contributed by atoms with Crippen LogP contribution in [0.25, 0.3) is 53.2 Å². The summed E-state index contributed by atoms with van der Waals surface area (Å²) in [4.78, 5) is 10.0. The van der Waals surface area contributed by atoms with Crippen molar-refractivity contribution in [3.63, 3.8) is 0 Å². The third-order valence-electron chi connectivity index (χ3n) is 8.35. The van der Waals surface area contributed by atoms with Crippen molar-refractivity contribution in [3.05, 3.63) is 156 Å². The number of benzene rings is 6. The molecule has 2 aromatic heterocycles. The average molecular weight is 584 g/mol. The Hall–Kier alpha value is -5.52. The van der Waals surface area contributed by atoms with Crippen LogP contribution >= 0.6 is 11.3 Å². The molecule has 6 aromatic carbocycles. The highest BCUT2D eigenvalue weighted by molar-refractivity contribution is 7.25. The summed E-state index contributed by atoms with van der Waals surface area (Å²) in [5, 5.41) is 8.36. The van der Waals surface area contributed by atoms with Crippen LogP contribution in [0.4, 0.5) is 0 Å². The summed E-state index contributed by atoms with van der Waals surface area (Å²) in [6.45, 7) is 0. The lowest BCUT2D eigenvalue weighted by molar-refractivity contribution is 0.670. The Morgan fingerprint density at radius 2 is 1.34 bits per heavy atom. The van der Waals surface area contributed by atoms with E-state index in [1.54, 1.807) is 0 Å². The van der Waals surface area contributed by atoms with Crippen LogP contribution in [-0.4, -0.2) is 11.7 Å². The Morgan fingerprint density at radius 3 is 2.23 bits per heavy atom. The maximum absolute atomic E-state index is 6.35. The Balaban J connectivity index is 1.14. The standard InChI is InChI=1S/C39H25N3OS/c1-3-10-24(11-4-1)37-40-38(25-12-5-2-6-13-25)42-39(41-37)27-19-21-34-32(22-27)30-20-18-26(23-35(30)44-34)28-15-9-16-31-29-14-7-8-17-33(29)43-36(28)31/h1-23,37H,(H,40,41,42). The number of fused-ring (bicyclic) bond motifs is 6. The van der Waals surface area contributed by atoms with Gasteiger partial charge in [-0.15, -0.1) is 11.3 Å². The Bertz CT molecular complexity index is 2420. The molecule has 44 heavy (non-hydrogen) atoms. The Morgan fingerprint density at radius 1 is 0.568 bits per heavy atom. The molecule has 208 valence electrons. The van der Waals surface area contributed by atoms with Gasteiger partial charge in [0.25, 0.3) is 0 Å². The van der Waals surface area contributed by atoms with E-state index in [9.17, 15) is 0 Å². The van der Waals surface area contributed by atoms with Gasteiger partial charge in [0, 0.05) is 47.6 Å². The zero-order valence-electron chi connectivity index (χ0n) is 23.6. The largest absolute Gasteiger partial charge is 0.455 e. The van der Waals surface area contributed by atoms with Gasteiger partial charge in [-0.2, -0.15) is 0 Å². The molecule has 0 aliphatic carbocycles. The third-order valence-corrected chi connectivity index (χ3v) is 9.48. The molecule has 0 saturated heterocycles. The molecule has 0 fully saturated rings. The van der Waals surface area contributed by atoms with Crippen LogP contribution in [0.15, 0.2) is 154 Å². The molecule has 4 nitrogen and oxygen atoms in total. The van der Waals surface area contributed by atoms with Gasteiger partial charge in [0.15, 0.2) is 5.84 Å². The van der Waals surface area contributed by atoms with E-state index >= 15 is 0 Å². The fourth-order valence-corrected chi connectivity index (χ4v) is 7.31. The first-order chi connectivity index (χ1) is 21.8. The molecule has 1 atom stereocenters. The van der Waals surface area contributed by atoms with Gasteiger partial charge in [0.05, 0.1) is 0 Å². The normalized spacial score (nSPS) is 15.0.